The number of hydrogen-bond donors (Lipinski definition) is 0. The summed E-state index contributed by atoms with van der Waals surface area (Å²) in [7, 11) is 1.38. The molecule has 0 saturated heterocycles. The highest BCUT2D eigenvalue weighted by atomic mass is 16.5. The Bertz CT molecular complexity index is 348. The Morgan fingerprint density at radius 1 is 1.27 bits per heavy atom. The van der Waals surface area contributed by atoms with Crippen LogP contribution in [-0.2, 0) is 4.74 Å². The van der Waals surface area contributed by atoms with Crippen LogP contribution >= 0.6 is 0 Å². The molecule has 3 nitrogen and oxygen atoms in total. The minimum Gasteiger partial charge on any atom is -0.465 e. The highest BCUT2D eigenvalue weighted by molar-refractivity contribution is 5.90. The number of ether oxygens (including phenoxy) is 1. The number of furan rings is 1. The second kappa shape index (κ2) is 4.51. The van der Waals surface area contributed by atoms with Crippen LogP contribution in [0.5, 0.6) is 0 Å². The SMILES string of the molecule is COC(=O)c1cc(C(C)C)oc1C(C)C. The first-order valence-corrected chi connectivity index (χ1v) is 5.19. The van der Waals surface area contributed by atoms with E-state index < -0.39 is 0 Å². The number of rotatable bonds is 3. The van der Waals surface area contributed by atoms with Crippen LogP contribution in [0.1, 0.15) is 61.4 Å². The number of esters is 1. The van der Waals surface area contributed by atoms with Gasteiger partial charge in [0, 0.05) is 11.8 Å². The summed E-state index contributed by atoms with van der Waals surface area (Å²) in [6, 6.07) is 1.78. The molecule has 0 aliphatic rings. The van der Waals surface area contributed by atoms with Crippen molar-refractivity contribution in [2.75, 3.05) is 7.11 Å². The largest absolute Gasteiger partial charge is 0.465 e. The summed E-state index contributed by atoms with van der Waals surface area (Å²) >= 11 is 0. The smallest absolute Gasteiger partial charge is 0.341 e. The van der Waals surface area contributed by atoms with Gasteiger partial charge in [0.15, 0.2) is 0 Å². The first-order chi connectivity index (χ1) is 6.97. The molecule has 1 aromatic heterocycles. The van der Waals surface area contributed by atoms with E-state index in [2.05, 4.69) is 0 Å². The molecule has 0 spiro atoms. The third kappa shape index (κ3) is 2.41. The van der Waals surface area contributed by atoms with Crippen molar-refractivity contribution in [1.29, 1.82) is 0 Å². The van der Waals surface area contributed by atoms with Gasteiger partial charge in [0.2, 0.25) is 0 Å². The zero-order valence-electron chi connectivity index (χ0n) is 9.96. The van der Waals surface area contributed by atoms with E-state index in [9.17, 15) is 4.79 Å². The summed E-state index contributed by atoms with van der Waals surface area (Å²) in [6.07, 6.45) is 0. The van der Waals surface area contributed by atoms with E-state index >= 15 is 0 Å². The van der Waals surface area contributed by atoms with E-state index in [4.69, 9.17) is 9.15 Å². The minimum atomic E-state index is -0.325. The molecule has 1 heterocycles. The van der Waals surface area contributed by atoms with Crippen LogP contribution in [0.15, 0.2) is 10.5 Å². The van der Waals surface area contributed by atoms with E-state index in [1.807, 2.05) is 27.7 Å². The Morgan fingerprint density at radius 2 is 1.87 bits per heavy atom. The summed E-state index contributed by atoms with van der Waals surface area (Å²) in [5.41, 5.74) is 0.552. The zero-order chi connectivity index (χ0) is 11.6. The van der Waals surface area contributed by atoms with Gasteiger partial charge < -0.3 is 9.15 Å². The standard InChI is InChI=1S/C12H18O3/c1-7(2)10-6-9(12(13)14-5)11(15-10)8(3)4/h6-8H,1-5H3. The fourth-order valence-electron chi connectivity index (χ4n) is 1.41. The van der Waals surface area contributed by atoms with Crippen LogP contribution in [-0.4, -0.2) is 13.1 Å². The molecule has 1 aromatic rings. The van der Waals surface area contributed by atoms with Crippen molar-refractivity contribution in [3.8, 4) is 0 Å². The molecule has 0 N–H and O–H groups in total. The van der Waals surface area contributed by atoms with Crippen molar-refractivity contribution >= 4 is 5.97 Å². The van der Waals surface area contributed by atoms with Gasteiger partial charge in [0.25, 0.3) is 0 Å². The average molecular weight is 210 g/mol. The quantitative estimate of drug-likeness (QED) is 0.718. The van der Waals surface area contributed by atoms with Crippen molar-refractivity contribution in [3.05, 3.63) is 23.2 Å². The van der Waals surface area contributed by atoms with Crippen molar-refractivity contribution < 1.29 is 13.9 Å². The second-order valence-electron chi connectivity index (χ2n) is 4.23. The van der Waals surface area contributed by atoms with E-state index in [-0.39, 0.29) is 17.8 Å². The number of hydrogen-bond acceptors (Lipinski definition) is 3. The van der Waals surface area contributed by atoms with Crippen LogP contribution in [0.3, 0.4) is 0 Å². The number of carbonyl (C=O) groups is 1. The molecule has 0 radical (unpaired) electrons. The lowest BCUT2D eigenvalue weighted by Gasteiger charge is -2.03. The third-order valence-electron chi connectivity index (χ3n) is 2.28. The highest BCUT2D eigenvalue weighted by Crippen LogP contribution is 2.28. The van der Waals surface area contributed by atoms with Crippen molar-refractivity contribution in [3.63, 3.8) is 0 Å². The molecule has 0 aliphatic carbocycles. The summed E-state index contributed by atoms with van der Waals surface area (Å²) < 4.78 is 10.4. The van der Waals surface area contributed by atoms with E-state index in [1.54, 1.807) is 6.07 Å². The molecule has 0 aromatic carbocycles. The third-order valence-corrected chi connectivity index (χ3v) is 2.28. The maximum atomic E-state index is 11.5. The molecule has 0 unspecified atom stereocenters. The van der Waals surface area contributed by atoms with Crippen LogP contribution in [0, 0.1) is 0 Å². The van der Waals surface area contributed by atoms with Gasteiger partial charge in [-0.15, -0.1) is 0 Å². The first kappa shape index (κ1) is 11.8. The molecule has 84 valence electrons. The molecule has 0 saturated carbocycles. The van der Waals surface area contributed by atoms with Crippen LogP contribution in [0.2, 0.25) is 0 Å². The van der Waals surface area contributed by atoms with Crippen molar-refractivity contribution in [2.24, 2.45) is 0 Å². The summed E-state index contributed by atoms with van der Waals surface area (Å²) in [5, 5.41) is 0. The normalized spacial score (nSPS) is 11.1. The molecule has 0 fully saturated rings. The Morgan fingerprint density at radius 3 is 2.27 bits per heavy atom. The van der Waals surface area contributed by atoms with Gasteiger partial charge in [0.1, 0.15) is 17.1 Å². The maximum Gasteiger partial charge on any atom is 0.341 e. The Balaban J connectivity index is 3.17. The molecule has 1 rings (SSSR count). The summed E-state index contributed by atoms with van der Waals surface area (Å²) in [4.78, 5) is 11.5. The Kier molecular flexibility index (Phi) is 3.56. The summed E-state index contributed by atoms with van der Waals surface area (Å²) in [5.74, 6) is 1.69. The lowest BCUT2D eigenvalue weighted by molar-refractivity contribution is 0.0597. The maximum absolute atomic E-state index is 11.5. The fourth-order valence-corrected chi connectivity index (χ4v) is 1.41. The fraction of sp³-hybridized carbons (Fsp3) is 0.583. The van der Waals surface area contributed by atoms with Crippen LogP contribution in [0.25, 0.3) is 0 Å². The van der Waals surface area contributed by atoms with Crippen molar-refractivity contribution in [1.82, 2.24) is 0 Å². The van der Waals surface area contributed by atoms with E-state index in [1.165, 1.54) is 7.11 Å². The lowest BCUT2D eigenvalue weighted by atomic mass is 10.1. The zero-order valence-corrected chi connectivity index (χ0v) is 9.96. The lowest BCUT2D eigenvalue weighted by Crippen LogP contribution is -2.03. The van der Waals surface area contributed by atoms with Gasteiger partial charge in [-0.1, -0.05) is 27.7 Å². The topological polar surface area (TPSA) is 39.4 Å². The van der Waals surface area contributed by atoms with E-state index in [0.29, 0.717) is 11.3 Å². The molecule has 0 aliphatic heterocycles. The predicted molar refractivity (Wildman–Crippen MR) is 58.2 cm³/mol. The first-order valence-electron chi connectivity index (χ1n) is 5.19. The van der Waals surface area contributed by atoms with E-state index in [0.717, 1.165) is 5.76 Å². The molecule has 0 bridgehead atoms. The predicted octanol–water partition coefficient (Wildman–Crippen LogP) is 3.31. The highest BCUT2D eigenvalue weighted by Gasteiger charge is 2.21. The molecule has 0 atom stereocenters. The number of carbonyl (C=O) groups excluding carboxylic acids is 1. The minimum absolute atomic E-state index is 0.187. The Labute approximate surface area is 90.4 Å². The van der Waals surface area contributed by atoms with Gasteiger partial charge in [0.05, 0.1) is 7.11 Å². The Hall–Kier alpha value is -1.25. The van der Waals surface area contributed by atoms with Gasteiger partial charge in [-0.05, 0) is 6.07 Å². The molecular weight excluding hydrogens is 192 g/mol. The van der Waals surface area contributed by atoms with Gasteiger partial charge in [-0.3, -0.25) is 0 Å². The number of methoxy groups -OCH3 is 1. The monoisotopic (exact) mass is 210 g/mol. The van der Waals surface area contributed by atoms with Gasteiger partial charge in [-0.25, -0.2) is 4.79 Å². The van der Waals surface area contributed by atoms with Gasteiger partial charge in [-0.2, -0.15) is 0 Å². The van der Waals surface area contributed by atoms with Crippen LogP contribution in [0.4, 0.5) is 0 Å². The molecule has 0 amide bonds. The molecular formula is C12H18O3. The summed E-state index contributed by atoms with van der Waals surface area (Å²) in [6.45, 7) is 8.05. The average Bonchev–Trinajstić information content (AvgIpc) is 2.61. The molecule has 15 heavy (non-hydrogen) atoms. The van der Waals surface area contributed by atoms with Gasteiger partial charge >= 0.3 is 5.97 Å². The van der Waals surface area contributed by atoms with Crippen LogP contribution < -0.4 is 0 Å². The molecule has 3 heteroatoms. The second-order valence-corrected chi connectivity index (χ2v) is 4.23. The van der Waals surface area contributed by atoms with Crippen molar-refractivity contribution in [2.45, 2.75) is 39.5 Å².